The maximum Gasteiger partial charge on any atom is 0.158 e. The highest BCUT2D eigenvalue weighted by atomic mass is 16.1. The summed E-state index contributed by atoms with van der Waals surface area (Å²) in [6.07, 6.45) is 8.24. The Morgan fingerprint density at radius 3 is 2.31 bits per heavy atom. The van der Waals surface area contributed by atoms with Crippen LogP contribution >= 0.6 is 0 Å². The number of rotatable bonds is 7. The number of hydrogen-bond acceptors (Lipinski definition) is 1. The SMILES string of the molecule is CCC/C=C(/CCCC)C(=O)CC. The van der Waals surface area contributed by atoms with Gasteiger partial charge < -0.3 is 0 Å². The highest BCUT2D eigenvalue weighted by molar-refractivity contribution is 5.94. The molecular formula is C12H22O. The average Bonchev–Trinajstić information content (AvgIpc) is 2.17. The normalized spacial score (nSPS) is 11.8. The highest BCUT2D eigenvalue weighted by Crippen LogP contribution is 2.11. The Labute approximate surface area is 82.2 Å². The third-order valence-electron chi connectivity index (χ3n) is 2.16. The van der Waals surface area contributed by atoms with Crippen LogP contribution < -0.4 is 0 Å². The van der Waals surface area contributed by atoms with Crippen molar-refractivity contribution in [3.63, 3.8) is 0 Å². The molecule has 76 valence electrons. The van der Waals surface area contributed by atoms with Gasteiger partial charge in [0.2, 0.25) is 0 Å². The van der Waals surface area contributed by atoms with Crippen LogP contribution in [0.2, 0.25) is 0 Å². The van der Waals surface area contributed by atoms with Crippen molar-refractivity contribution in [3.8, 4) is 0 Å². The monoisotopic (exact) mass is 182 g/mol. The van der Waals surface area contributed by atoms with E-state index in [4.69, 9.17) is 0 Å². The van der Waals surface area contributed by atoms with Crippen molar-refractivity contribution in [2.75, 3.05) is 0 Å². The smallest absolute Gasteiger partial charge is 0.158 e. The topological polar surface area (TPSA) is 17.1 Å². The van der Waals surface area contributed by atoms with Gasteiger partial charge in [-0.3, -0.25) is 4.79 Å². The minimum Gasteiger partial charge on any atom is -0.295 e. The second-order valence-electron chi connectivity index (χ2n) is 3.40. The van der Waals surface area contributed by atoms with E-state index >= 15 is 0 Å². The van der Waals surface area contributed by atoms with Crippen LogP contribution in [-0.2, 0) is 4.79 Å². The van der Waals surface area contributed by atoms with Crippen LogP contribution in [-0.4, -0.2) is 5.78 Å². The van der Waals surface area contributed by atoms with Crippen molar-refractivity contribution in [3.05, 3.63) is 11.6 Å². The lowest BCUT2D eigenvalue weighted by Gasteiger charge is -2.03. The fourth-order valence-electron chi connectivity index (χ4n) is 1.27. The predicted molar refractivity (Wildman–Crippen MR) is 57.8 cm³/mol. The van der Waals surface area contributed by atoms with Gasteiger partial charge in [-0.1, -0.05) is 39.7 Å². The first-order valence-electron chi connectivity index (χ1n) is 5.48. The lowest BCUT2D eigenvalue weighted by Crippen LogP contribution is -2.00. The van der Waals surface area contributed by atoms with Crippen molar-refractivity contribution in [1.29, 1.82) is 0 Å². The van der Waals surface area contributed by atoms with Crippen molar-refractivity contribution in [2.45, 2.75) is 59.3 Å². The summed E-state index contributed by atoms with van der Waals surface area (Å²) in [4.78, 5) is 11.5. The van der Waals surface area contributed by atoms with Crippen LogP contribution in [0.4, 0.5) is 0 Å². The first kappa shape index (κ1) is 12.4. The minimum absolute atomic E-state index is 0.335. The van der Waals surface area contributed by atoms with E-state index in [9.17, 15) is 4.79 Å². The Bertz CT molecular complexity index is 168. The van der Waals surface area contributed by atoms with E-state index in [2.05, 4.69) is 19.9 Å². The molecule has 0 spiro atoms. The third-order valence-corrected chi connectivity index (χ3v) is 2.16. The molecule has 0 heterocycles. The number of unbranched alkanes of at least 4 members (excludes halogenated alkanes) is 2. The molecule has 0 saturated carbocycles. The van der Waals surface area contributed by atoms with Gasteiger partial charge in [0.25, 0.3) is 0 Å². The standard InChI is InChI=1S/C12H22O/c1-4-7-9-11(10-8-5-2)12(13)6-3/h9H,4-8,10H2,1-3H3/b11-9-. The Kier molecular flexibility index (Phi) is 7.66. The summed E-state index contributed by atoms with van der Waals surface area (Å²) < 4.78 is 0. The van der Waals surface area contributed by atoms with Crippen LogP contribution in [0, 0.1) is 0 Å². The van der Waals surface area contributed by atoms with Crippen LogP contribution in [0.1, 0.15) is 59.3 Å². The number of Topliss-reactive ketones (excluding diaryl/α,β-unsaturated/α-hetero) is 1. The fourth-order valence-corrected chi connectivity index (χ4v) is 1.27. The Morgan fingerprint density at radius 1 is 1.15 bits per heavy atom. The highest BCUT2D eigenvalue weighted by Gasteiger charge is 2.05. The first-order valence-corrected chi connectivity index (χ1v) is 5.48. The molecule has 13 heavy (non-hydrogen) atoms. The quantitative estimate of drug-likeness (QED) is 0.546. The van der Waals surface area contributed by atoms with E-state index in [1.165, 1.54) is 6.42 Å². The van der Waals surface area contributed by atoms with E-state index in [1.807, 2.05) is 6.92 Å². The Balaban J connectivity index is 4.09. The number of carbonyl (C=O) groups excluding carboxylic acids is 1. The molecule has 0 atom stereocenters. The number of ketones is 1. The van der Waals surface area contributed by atoms with Crippen LogP contribution in [0.15, 0.2) is 11.6 Å². The first-order chi connectivity index (χ1) is 6.26. The van der Waals surface area contributed by atoms with Gasteiger partial charge in [-0.15, -0.1) is 0 Å². The Morgan fingerprint density at radius 2 is 1.85 bits per heavy atom. The molecule has 0 rings (SSSR count). The molecule has 0 radical (unpaired) electrons. The fraction of sp³-hybridized carbons (Fsp3) is 0.750. The van der Waals surface area contributed by atoms with Crippen molar-refractivity contribution in [1.82, 2.24) is 0 Å². The van der Waals surface area contributed by atoms with Crippen LogP contribution in [0.5, 0.6) is 0 Å². The van der Waals surface area contributed by atoms with E-state index in [-0.39, 0.29) is 0 Å². The van der Waals surface area contributed by atoms with Gasteiger partial charge in [0, 0.05) is 6.42 Å². The van der Waals surface area contributed by atoms with Gasteiger partial charge in [-0.05, 0) is 24.8 Å². The molecule has 0 aromatic carbocycles. The van der Waals surface area contributed by atoms with Crippen LogP contribution in [0.25, 0.3) is 0 Å². The summed E-state index contributed by atoms with van der Waals surface area (Å²) in [5.41, 5.74) is 1.06. The van der Waals surface area contributed by atoms with Crippen LogP contribution in [0.3, 0.4) is 0 Å². The van der Waals surface area contributed by atoms with Gasteiger partial charge in [-0.2, -0.15) is 0 Å². The number of carbonyl (C=O) groups is 1. The van der Waals surface area contributed by atoms with Gasteiger partial charge in [-0.25, -0.2) is 0 Å². The van der Waals surface area contributed by atoms with E-state index in [0.717, 1.165) is 31.3 Å². The van der Waals surface area contributed by atoms with Crippen molar-refractivity contribution >= 4 is 5.78 Å². The Hall–Kier alpha value is -0.590. The molecule has 0 aliphatic carbocycles. The van der Waals surface area contributed by atoms with E-state index < -0.39 is 0 Å². The third kappa shape index (κ3) is 5.62. The predicted octanol–water partition coefficient (Wildman–Crippen LogP) is 3.88. The maximum absolute atomic E-state index is 11.5. The molecule has 0 fully saturated rings. The second kappa shape index (κ2) is 8.03. The van der Waals surface area contributed by atoms with E-state index in [1.54, 1.807) is 0 Å². The van der Waals surface area contributed by atoms with Gasteiger partial charge in [0.15, 0.2) is 5.78 Å². The molecule has 0 amide bonds. The largest absolute Gasteiger partial charge is 0.295 e. The summed E-state index contributed by atoms with van der Waals surface area (Å²) in [5, 5.41) is 0. The molecule has 0 bridgehead atoms. The lowest BCUT2D eigenvalue weighted by molar-refractivity contribution is -0.115. The summed E-state index contributed by atoms with van der Waals surface area (Å²) in [6.45, 7) is 6.24. The molecule has 0 saturated heterocycles. The molecular weight excluding hydrogens is 160 g/mol. The molecule has 1 heteroatoms. The summed E-state index contributed by atoms with van der Waals surface area (Å²) in [6, 6.07) is 0. The maximum atomic E-state index is 11.5. The summed E-state index contributed by atoms with van der Waals surface area (Å²) in [7, 11) is 0. The number of allylic oxidation sites excluding steroid dienone is 2. The van der Waals surface area contributed by atoms with Gasteiger partial charge in [0.1, 0.15) is 0 Å². The minimum atomic E-state index is 0.335. The molecule has 0 aliphatic rings. The molecule has 0 aliphatic heterocycles. The van der Waals surface area contributed by atoms with Crippen molar-refractivity contribution < 1.29 is 4.79 Å². The number of hydrogen-bond donors (Lipinski definition) is 0. The molecule has 0 aromatic heterocycles. The molecule has 0 aromatic rings. The molecule has 1 nitrogen and oxygen atoms in total. The lowest BCUT2D eigenvalue weighted by atomic mass is 10.0. The summed E-state index contributed by atoms with van der Waals surface area (Å²) >= 11 is 0. The average molecular weight is 182 g/mol. The molecule has 0 unspecified atom stereocenters. The zero-order chi connectivity index (χ0) is 10.1. The zero-order valence-corrected chi connectivity index (χ0v) is 9.23. The zero-order valence-electron chi connectivity index (χ0n) is 9.23. The van der Waals surface area contributed by atoms with Gasteiger partial charge >= 0.3 is 0 Å². The summed E-state index contributed by atoms with van der Waals surface area (Å²) in [5.74, 6) is 0.335. The van der Waals surface area contributed by atoms with Gasteiger partial charge in [0.05, 0.1) is 0 Å². The van der Waals surface area contributed by atoms with Crippen molar-refractivity contribution in [2.24, 2.45) is 0 Å². The second-order valence-corrected chi connectivity index (χ2v) is 3.40. The molecule has 0 N–H and O–H groups in total. The van der Waals surface area contributed by atoms with E-state index in [0.29, 0.717) is 12.2 Å².